The van der Waals surface area contributed by atoms with Gasteiger partial charge < -0.3 is 15.5 Å². The van der Waals surface area contributed by atoms with E-state index in [1.54, 1.807) is 0 Å². The lowest BCUT2D eigenvalue weighted by Gasteiger charge is -2.47. The van der Waals surface area contributed by atoms with Crippen LogP contribution in [0, 0.1) is 5.41 Å². The Morgan fingerprint density at radius 2 is 1.74 bits per heavy atom. The van der Waals surface area contributed by atoms with E-state index in [9.17, 15) is 4.79 Å². The first-order valence-electron chi connectivity index (χ1n) is 7.34. The molecule has 1 aliphatic heterocycles. The summed E-state index contributed by atoms with van der Waals surface area (Å²) in [4.78, 5) is 15.6. The van der Waals surface area contributed by atoms with Crippen LogP contribution in [0.1, 0.15) is 38.5 Å². The van der Waals surface area contributed by atoms with Crippen LogP contribution in [-0.2, 0) is 4.79 Å². The molecule has 0 aromatic carbocycles. The van der Waals surface area contributed by atoms with Crippen LogP contribution in [0.4, 0.5) is 0 Å². The van der Waals surface area contributed by atoms with Gasteiger partial charge in [-0.1, -0.05) is 6.58 Å². The summed E-state index contributed by atoms with van der Waals surface area (Å²) in [6.45, 7) is 5.67. The van der Waals surface area contributed by atoms with Crippen LogP contribution < -0.4 is 5.73 Å². The fourth-order valence-electron chi connectivity index (χ4n) is 3.64. The Balaban J connectivity index is 1.87. The van der Waals surface area contributed by atoms with Crippen molar-refractivity contribution in [1.29, 1.82) is 0 Å². The Morgan fingerprint density at radius 1 is 1.21 bits per heavy atom. The van der Waals surface area contributed by atoms with Gasteiger partial charge in [0.15, 0.2) is 0 Å². The molecule has 0 atom stereocenters. The van der Waals surface area contributed by atoms with Crippen molar-refractivity contribution in [2.45, 2.75) is 44.6 Å². The van der Waals surface area contributed by atoms with Crippen molar-refractivity contribution in [2.24, 2.45) is 11.1 Å². The fourth-order valence-corrected chi connectivity index (χ4v) is 3.64. The average Bonchev–Trinajstić information content (AvgIpc) is 2.39. The maximum atomic E-state index is 11.2. The van der Waals surface area contributed by atoms with Crippen LogP contribution >= 0.6 is 0 Å². The Kier molecular flexibility index (Phi) is 4.19. The van der Waals surface area contributed by atoms with Gasteiger partial charge in [-0.15, -0.1) is 0 Å². The highest BCUT2D eigenvalue weighted by Crippen LogP contribution is 2.45. The molecule has 0 aromatic heterocycles. The standard InChI is InChI=1S/C15H27N3O/c1-12(14(16)19)18-10-8-15(9-11-18)6-4-13(5-7-15)17(2)3/h13H,1,4-11H2,2-3H3,(H2,16,19). The van der Waals surface area contributed by atoms with Crippen molar-refractivity contribution < 1.29 is 4.79 Å². The monoisotopic (exact) mass is 265 g/mol. The number of nitrogens with two attached hydrogens (primary N) is 1. The molecule has 0 aromatic rings. The number of piperidine rings is 1. The Hall–Kier alpha value is -1.03. The second-order valence-corrected chi connectivity index (χ2v) is 6.49. The largest absolute Gasteiger partial charge is 0.368 e. The summed E-state index contributed by atoms with van der Waals surface area (Å²) in [7, 11) is 4.37. The lowest BCUT2D eigenvalue weighted by molar-refractivity contribution is -0.116. The highest BCUT2D eigenvalue weighted by Gasteiger charge is 2.38. The number of carbonyl (C=O) groups is 1. The number of primary amides is 1. The summed E-state index contributed by atoms with van der Waals surface area (Å²) >= 11 is 0. The Labute approximate surface area is 116 Å². The van der Waals surface area contributed by atoms with Gasteiger partial charge >= 0.3 is 0 Å². The molecular formula is C15H27N3O. The lowest BCUT2D eigenvalue weighted by Crippen LogP contribution is -2.45. The number of hydrogen-bond donors (Lipinski definition) is 1. The van der Waals surface area contributed by atoms with E-state index in [0.717, 1.165) is 19.1 Å². The van der Waals surface area contributed by atoms with Crippen LogP contribution in [0.3, 0.4) is 0 Å². The van der Waals surface area contributed by atoms with E-state index in [0.29, 0.717) is 11.1 Å². The van der Waals surface area contributed by atoms with Gasteiger partial charge in [-0.2, -0.15) is 0 Å². The summed E-state index contributed by atoms with van der Waals surface area (Å²) in [5, 5.41) is 0. The molecule has 1 saturated carbocycles. The van der Waals surface area contributed by atoms with Gasteiger partial charge in [-0.3, -0.25) is 4.79 Å². The minimum absolute atomic E-state index is 0.382. The number of carbonyl (C=O) groups excluding carboxylic acids is 1. The van der Waals surface area contributed by atoms with Gasteiger partial charge in [-0.05, 0) is 58.0 Å². The van der Waals surface area contributed by atoms with Gasteiger partial charge in [0.1, 0.15) is 0 Å². The zero-order chi connectivity index (χ0) is 14.0. The van der Waals surface area contributed by atoms with E-state index < -0.39 is 0 Å². The molecule has 1 saturated heterocycles. The molecule has 0 unspecified atom stereocenters. The quantitative estimate of drug-likeness (QED) is 0.788. The van der Waals surface area contributed by atoms with E-state index in [1.165, 1.54) is 38.5 Å². The van der Waals surface area contributed by atoms with Crippen molar-refractivity contribution >= 4 is 5.91 Å². The van der Waals surface area contributed by atoms with Gasteiger partial charge in [0, 0.05) is 19.1 Å². The second-order valence-electron chi connectivity index (χ2n) is 6.49. The third kappa shape index (κ3) is 3.11. The molecule has 0 radical (unpaired) electrons. The number of amides is 1. The summed E-state index contributed by atoms with van der Waals surface area (Å²) < 4.78 is 0. The predicted molar refractivity (Wildman–Crippen MR) is 77.5 cm³/mol. The molecule has 1 amide bonds. The first kappa shape index (κ1) is 14.4. The zero-order valence-corrected chi connectivity index (χ0v) is 12.3. The number of nitrogens with zero attached hydrogens (tertiary/aromatic N) is 2. The average molecular weight is 265 g/mol. The molecule has 19 heavy (non-hydrogen) atoms. The van der Waals surface area contributed by atoms with E-state index in [-0.39, 0.29) is 5.91 Å². The van der Waals surface area contributed by atoms with E-state index >= 15 is 0 Å². The topological polar surface area (TPSA) is 49.6 Å². The molecule has 2 fully saturated rings. The Morgan fingerprint density at radius 3 is 2.16 bits per heavy atom. The molecule has 2 aliphatic rings. The third-order valence-corrected chi connectivity index (χ3v) is 5.24. The van der Waals surface area contributed by atoms with Crippen LogP contribution in [0.25, 0.3) is 0 Å². The maximum absolute atomic E-state index is 11.2. The van der Waals surface area contributed by atoms with Crippen molar-refractivity contribution in [1.82, 2.24) is 9.80 Å². The molecule has 0 bridgehead atoms. The third-order valence-electron chi connectivity index (χ3n) is 5.24. The van der Waals surface area contributed by atoms with Crippen molar-refractivity contribution in [3.63, 3.8) is 0 Å². The first-order valence-corrected chi connectivity index (χ1v) is 7.34. The minimum Gasteiger partial charge on any atom is -0.368 e. The molecule has 4 heteroatoms. The molecule has 2 N–H and O–H groups in total. The van der Waals surface area contributed by atoms with Crippen LogP contribution in [-0.4, -0.2) is 48.9 Å². The van der Waals surface area contributed by atoms with Gasteiger partial charge in [0.05, 0.1) is 5.70 Å². The van der Waals surface area contributed by atoms with E-state index in [4.69, 9.17) is 5.73 Å². The molecule has 108 valence electrons. The molecular weight excluding hydrogens is 238 g/mol. The number of hydrogen-bond acceptors (Lipinski definition) is 3. The van der Waals surface area contributed by atoms with Crippen LogP contribution in [0.5, 0.6) is 0 Å². The highest BCUT2D eigenvalue weighted by atomic mass is 16.1. The van der Waals surface area contributed by atoms with Gasteiger partial charge in [0.2, 0.25) is 0 Å². The summed E-state index contributed by atoms with van der Waals surface area (Å²) in [5.41, 5.74) is 6.30. The molecule has 4 nitrogen and oxygen atoms in total. The highest BCUT2D eigenvalue weighted by molar-refractivity contribution is 5.90. The molecule has 1 aliphatic carbocycles. The first-order chi connectivity index (χ1) is 8.93. The zero-order valence-electron chi connectivity index (χ0n) is 12.3. The second kappa shape index (κ2) is 5.53. The SMILES string of the molecule is C=C(C(N)=O)N1CCC2(CCC(N(C)C)CC2)CC1. The predicted octanol–water partition coefficient (Wildman–Crippen LogP) is 1.57. The Bertz CT molecular complexity index is 346. The van der Waals surface area contributed by atoms with Gasteiger partial charge in [0.25, 0.3) is 5.91 Å². The van der Waals surface area contributed by atoms with E-state index in [1.807, 2.05) is 0 Å². The van der Waals surface area contributed by atoms with Crippen molar-refractivity contribution in [3.8, 4) is 0 Å². The number of rotatable bonds is 3. The summed E-state index contributed by atoms with van der Waals surface area (Å²) in [5.74, 6) is -0.382. The smallest absolute Gasteiger partial charge is 0.264 e. The van der Waals surface area contributed by atoms with Gasteiger partial charge in [-0.25, -0.2) is 0 Å². The van der Waals surface area contributed by atoms with Crippen molar-refractivity contribution in [2.75, 3.05) is 27.2 Å². The summed E-state index contributed by atoms with van der Waals surface area (Å²) in [6, 6.07) is 0.754. The molecule has 1 spiro atoms. The van der Waals surface area contributed by atoms with E-state index in [2.05, 4.69) is 30.5 Å². The maximum Gasteiger partial charge on any atom is 0.264 e. The van der Waals surface area contributed by atoms with Crippen LogP contribution in [0.2, 0.25) is 0 Å². The normalized spacial score (nSPS) is 23.8. The number of likely N-dealkylation sites (tertiary alicyclic amines) is 1. The van der Waals surface area contributed by atoms with Crippen molar-refractivity contribution in [3.05, 3.63) is 12.3 Å². The molecule has 1 heterocycles. The minimum atomic E-state index is -0.382. The summed E-state index contributed by atoms with van der Waals surface area (Å²) in [6.07, 6.45) is 7.63. The molecule has 2 rings (SSSR count). The lowest BCUT2D eigenvalue weighted by atomic mass is 9.66. The van der Waals surface area contributed by atoms with Crippen LogP contribution in [0.15, 0.2) is 12.3 Å². The fraction of sp³-hybridized carbons (Fsp3) is 0.800.